The van der Waals surface area contributed by atoms with Gasteiger partial charge in [-0.05, 0) is 23.7 Å². The highest BCUT2D eigenvalue weighted by Gasteiger charge is 2.68. The third-order valence-electron chi connectivity index (χ3n) is 4.32. The van der Waals surface area contributed by atoms with Crippen molar-refractivity contribution in [2.75, 3.05) is 0 Å². The molecule has 1 spiro atoms. The molecular weight excluding hydrogens is 134 g/mol. The molecule has 2 rings (SSSR count). The highest BCUT2D eigenvalue weighted by Crippen LogP contribution is 2.68. The van der Waals surface area contributed by atoms with Gasteiger partial charge in [-0.25, -0.2) is 0 Å². The Morgan fingerprint density at radius 1 is 1.09 bits per heavy atom. The van der Waals surface area contributed by atoms with Crippen molar-refractivity contribution in [2.24, 2.45) is 16.6 Å². The third kappa shape index (κ3) is 0.752. The summed E-state index contributed by atoms with van der Waals surface area (Å²) >= 11 is 0. The van der Waals surface area contributed by atoms with E-state index in [-0.39, 0.29) is 0 Å². The molecule has 0 amide bonds. The van der Waals surface area contributed by atoms with Crippen LogP contribution < -0.4 is 5.73 Å². The second kappa shape index (κ2) is 2.01. The van der Waals surface area contributed by atoms with Gasteiger partial charge in [-0.3, -0.25) is 0 Å². The molecule has 0 bridgehead atoms. The van der Waals surface area contributed by atoms with Crippen molar-refractivity contribution >= 4 is 0 Å². The number of rotatable bonds is 0. The monoisotopic (exact) mass is 153 g/mol. The van der Waals surface area contributed by atoms with Gasteiger partial charge >= 0.3 is 0 Å². The van der Waals surface area contributed by atoms with E-state index in [0.717, 1.165) is 0 Å². The molecule has 2 saturated carbocycles. The summed E-state index contributed by atoms with van der Waals surface area (Å²) in [5.74, 6) is 0. The van der Waals surface area contributed by atoms with Crippen LogP contribution in [0.15, 0.2) is 0 Å². The zero-order chi connectivity index (χ0) is 8.11. The molecule has 0 heterocycles. The Morgan fingerprint density at radius 3 is 1.82 bits per heavy atom. The normalized spacial score (nSPS) is 39.0. The van der Waals surface area contributed by atoms with Crippen LogP contribution in [-0.4, -0.2) is 6.04 Å². The number of hydrogen-bond donors (Lipinski definition) is 1. The van der Waals surface area contributed by atoms with Crippen LogP contribution in [0.2, 0.25) is 0 Å². The largest absolute Gasteiger partial charge is 0.327 e. The van der Waals surface area contributed by atoms with Gasteiger partial charge in [0.1, 0.15) is 0 Å². The van der Waals surface area contributed by atoms with E-state index in [1.807, 2.05) is 0 Å². The highest BCUT2D eigenvalue weighted by molar-refractivity contribution is 5.21. The lowest BCUT2D eigenvalue weighted by Gasteiger charge is -2.24. The van der Waals surface area contributed by atoms with Crippen LogP contribution in [0.5, 0.6) is 0 Å². The molecule has 2 N–H and O–H groups in total. The van der Waals surface area contributed by atoms with E-state index < -0.39 is 0 Å². The van der Waals surface area contributed by atoms with Gasteiger partial charge in [0, 0.05) is 6.04 Å². The number of nitrogens with two attached hydrogens (primary N) is 1. The van der Waals surface area contributed by atoms with Gasteiger partial charge in [0.15, 0.2) is 0 Å². The molecule has 0 aromatic rings. The Morgan fingerprint density at radius 2 is 1.55 bits per heavy atom. The molecule has 1 nitrogen and oxygen atoms in total. The van der Waals surface area contributed by atoms with Crippen molar-refractivity contribution in [1.82, 2.24) is 0 Å². The first-order valence-corrected chi connectivity index (χ1v) is 4.87. The maximum Gasteiger partial charge on any atom is 0.0159 e. The summed E-state index contributed by atoms with van der Waals surface area (Å²) in [6.45, 7) is 4.67. The molecule has 2 aliphatic carbocycles. The summed E-state index contributed by atoms with van der Waals surface area (Å²) in [6, 6.07) is 0.496. The molecule has 0 aliphatic heterocycles. The summed E-state index contributed by atoms with van der Waals surface area (Å²) in [7, 11) is 0. The van der Waals surface area contributed by atoms with Gasteiger partial charge in [0.05, 0.1) is 0 Å². The molecule has 11 heavy (non-hydrogen) atoms. The van der Waals surface area contributed by atoms with E-state index in [2.05, 4.69) is 13.8 Å². The van der Waals surface area contributed by atoms with Crippen molar-refractivity contribution in [3.05, 3.63) is 0 Å². The zero-order valence-electron chi connectivity index (χ0n) is 7.69. The second-order valence-electron chi connectivity index (χ2n) is 4.92. The molecule has 64 valence electrons. The van der Waals surface area contributed by atoms with Crippen LogP contribution in [0, 0.1) is 10.8 Å². The lowest BCUT2D eigenvalue weighted by molar-refractivity contribution is 0.268. The van der Waals surface area contributed by atoms with E-state index in [1.54, 1.807) is 0 Å². The van der Waals surface area contributed by atoms with Crippen LogP contribution in [0.1, 0.15) is 46.0 Å². The molecule has 0 aromatic heterocycles. The first kappa shape index (κ1) is 7.60. The standard InChI is InChI=1S/C10H19N/c1-9(2)8(11)10(9)6-4-3-5-7-10/h8H,3-7,11H2,1-2H3. The van der Waals surface area contributed by atoms with Crippen LogP contribution >= 0.6 is 0 Å². The van der Waals surface area contributed by atoms with Crippen molar-refractivity contribution < 1.29 is 0 Å². The molecule has 0 saturated heterocycles. The first-order chi connectivity index (χ1) is 5.11. The summed E-state index contributed by atoms with van der Waals surface area (Å²) in [5, 5.41) is 0. The van der Waals surface area contributed by atoms with Crippen LogP contribution in [0.4, 0.5) is 0 Å². The maximum atomic E-state index is 6.11. The van der Waals surface area contributed by atoms with Gasteiger partial charge in [-0.15, -0.1) is 0 Å². The van der Waals surface area contributed by atoms with E-state index in [1.165, 1.54) is 32.1 Å². The summed E-state index contributed by atoms with van der Waals surface area (Å²) in [4.78, 5) is 0. The van der Waals surface area contributed by atoms with Gasteiger partial charge < -0.3 is 5.73 Å². The van der Waals surface area contributed by atoms with Crippen LogP contribution in [0.25, 0.3) is 0 Å². The second-order valence-corrected chi connectivity index (χ2v) is 4.92. The Kier molecular flexibility index (Phi) is 1.39. The van der Waals surface area contributed by atoms with Gasteiger partial charge in [-0.1, -0.05) is 33.1 Å². The lowest BCUT2D eigenvalue weighted by Crippen LogP contribution is -2.17. The minimum Gasteiger partial charge on any atom is -0.327 e. The molecule has 1 heteroatoms. The summed E-state index contributed by atoms with van der Waals surface area (Å²) < 4.78 is 0. The highest BCUT2D eigenvalue weighted by atomic mass is 14.9. The van der Waals surface area contributed by atoms with E-state index >= 15 is 0 Å². The third-order valence-corrected chi connectivity index (χ3v) is 4.32. The van der Waals surface area contributed by atoms with Crippen molar-refractivity contribution in [1.29, 1.82) is 0 Å². The zero-order valence-corrected chi connectivity index (χ0v) is 7.69. The van der Waals surface area contributed by atoms with E-state index in [0.29, 0.717) is 16.9 Å². The predicted molar refractivity (Wildman–Crippen MR) is 47.3 cm³/mol. The molecule has 1 atom stereocenters. The maximum absolute atomic E-state index is 6.11. The number of hydrogen-bond acceptors (Lipinski definition) is 1. The lowest BCUT2D eigenvalue weighted by atomic mass is 9.81. The Bertz CT molecular complexity index is 166. The minimum atomic E-state index is 0.452. The Balaban J connectivity index is 2.13. The average Bonchev–Trinajstić information content (AvgIpc) is 2.39. The fraction of sp³-hybridized carbons (Fsp3) is 1.00. The van der Waals surface area contributed by atoms with Crippen molar-refractivity contribution in [3.8, 4) is 0 Å². The first-order valence-electron chi connectivity index (χ1n) is 4.87. The van der Waals surface area contributed by atoms with Crippen LogP contribution in [-0.2, 0) is 0 Å². The fourth-order valence-corrected chi connectivity index (χ4v) is 3.13. The smallest absolute Gasteiger partial charge is 0.0159 e. The molecule has 2 aliphatic rings. The summed E-state index contributed by atoms with van der Waals surface area (Å²) in [5.41, 5.74) is 7.12. The van der Waals surface area contributed by atoms with Crippen molar-refractivity contribution in [3.63, 3.8) is 0 Å². The minimum absolute atomic E-state index is 0.452. The molecule has 0 aromatic carbocycles. The van der Waals surface area contributed by atoms with Gasteiger partial charge in [-0.2, -0.15) is 0 Å². The Hall–Kier alpha value is -0.0400. The molecule has 1 unspecified atom stereocenters. The fourth-order valence-electron chi connectivity index (χ4n) is 3.13. The van der Waals surface area contributed by atoms with Crippen molar-refractivity contribution in [2.45, 2.75) is 52.0 Å². The quantitative estimate of drug-likeness (QED) is 0.568. The summed E-state index contributed by atoms with van der Waals surface area (Å²) in [6.07, 6.45) is 7.04. The SMILES string of the molecule is CC1(C)C(N)C12CCCCC2. The van der Waals surface area contributed by atoms with Crippen LogP contribution in [0.3, 0.4) is 0 Å². The Labute approximate surface area is 69.4 Å². The molecule has 2 fully saturated rings. The molecular formula is C10H19N. The average molecular weight is 153 g/mol. The van der Waals surface area contributed by atoms with Gasteiger partial charge in [0.25, 0.3) is 0 Å². The predicted octanol–water partition coefficient (Wildman–Crippen LogP) is 2.30. The van der Waals surface area contributed by atoms with E-state index in [9.17, 15) is 0 Å². The molecule has 0 radical (unpaired) electrons. The van der Waals surface area contributed by atoms with E-state index in [4.69, 9.17) is 5.73 Å². The van der Waals surface area contributed by atoms with Gasteiger partial charge in [0.2, 0.25) is 0 Å². The topological polar surface area (TPSA) is 26.0 Å².